The van der Waals surface area contributed by atoms with E-state index in [4.69, 9.17) is 28.4 Å². The van der Waals surface area contributed by atoms with Crippen molar-refractivity contribution in [2.45, 2.75) is 12.8 Å². The number of rotatable bonds is 24. The van der Waals surface area contributed by atoms with Crippen LogP contribution in [-0.2, 0) is 38.1 Å². The standard InChI is InChI=1S/C34H38N4O12/c1-5-31(39)47-17-9-15-37(16-10-18-48-32(40)6-2)28-24-29(45-19-21-49-33(41)7-3)27(23-30(28)46-20-22-50-34(42)8-4)36-35-25-11-13-26(14-12-25)38(43)44/h5-8,11-14,23-24H,1-4,9-10,15-22H2/b36-35+. The third-order valence-corrected chi connectivity index (χ3v) is 6.19. The van der Waals surface area contributed by atoms with Crippen LogP contribution in [0, 0.1) is 10.1 Å². The lowest BCUT2D eigenvalue weighted by molar-refractivity contribution is -0.384. The zero-order valence-corrected chi connectivity index (χ0v) is 27.4. The normalized spacial score (nSPS) is 10.3. The number of hydrogen-bond donors (Lipinski definition) is 0. The Morgan fingerprint density at radius 1 is 0.660 bits per heavy atom. The van der Waals surface area contributed by atoms with Crippen molar-refractivity contribution in [3.8, 4) is 11.5 Å². The van der Waals surface area contributed by atoms with E-state index in [0.29, 0.717) is 37.3 Å². The summed E-state index contributed by atoms with van der Waals surface area (Å²) in [6.07, 6.45) is 4.88. The Bertz CT molecular complexity index is 1530. The van der Waals surface area contributed by atoms with Crippen molar-refractivity contribution in [3.63, 3.8) is 0 Å². The van der Waals surface area contributed by atoms with Gasteiger partial charge in [0.05, 0.1) is 29.5 Å². The third-order valence-electron chi connectivity index (χ3n) is 6.19. The van der Waals surface area contributed by atoms with Crippen LogP contribution < -0.4 is 14.4 Å². The molecule has 50 heavy (non-hydrogen) atoms. The molecule has 0 spiro atoms. The maximum Gasteiger partial charge on any atom is 0.330 e. The van der Waals surface area contributed by atoms with E-state index in [0.717, 1.165) is 24.3 Å². The van der Waals surface area contributed by atoms with Crippen molar-refractivity contribution in [1.29, 1.82) is 0 Å². The summed E-state index contributed by atoms with van der Waals surface area (Å²) in [6.45, 7) is 13.9. The summed E-state index contributed by atoms with van der Waals surface area (Å²) < 4.78 is 32.3. The first-order chi connectivity index (χ1) is 24.1. The highest BCUT2D eigenvalue weighted by atomic mass is 16.6. The van der Waals surface area contributed by atoms with Crippen LogP contribution in [0.3, 0.4) is 0 Å². The number of nitrogens with zero attached hydrogens (tertiary/aromatic N) is 4. The van der Waals surface area contributed by atoms with E-state index in [-0.39, 0.29) is 62.5 Å². The van der Waals surface area contributed by atoms with Crippen LogP contribution in [0.2, 0.25) is 0 Å². The van der Waals surface area contributed by atoms with Crippen LogP contribution >= 0.6 is 0 Å². The quantitative estimate of drug-likeness (QED) is 0.0262. The molecule has 0 atom stereocenters. The molecule has 0 aliphatic carbocycles. The molecular formula is C34H38N4O12. The van der Waals surface area contributed by atoms with Crippen molar-refractivity contribution in [3.05, 3.63) is 97.1 Å². The minimum Gasteiger partial charge on any atom is -0.488 e. The van der Waals surface area contributed by atoms with Gasteiger partial charge >= 0.3 is 23.9 Å². The fraction of sp³-hybridized carbons (Fsp3) is 0.294. The second kappa shape index (κ2) is 22.3. The maximum absolute atomic E-state index is 11.6. The van der Waals surface area contributed by atoms with E-state index < -0.39 is 28.8 Å². The molecule has 0 saturated carbocycles. The predicted octanol–water partition coefficient (Wildman–Crippen LogP) is 5.27. The van der Waals surface area contributed by atoms with Crippen LogP contribution in [0.1, 0.15) is 12.8 Å². The molecule has 266 valence electrons. The predicted molar refractivity (Wildman–Crippen MR) is 181 cm³/mol. The Kier molecular flexibility index (Phi) is 17.8. The second-order valence-electron chi connectivity index (χ2n) is 9.64. The highest BCUT2D eigenvalue weighted by Gasteiger charge is 2.19. The number of ether oxygens (including phenoxy) is 6. The van der Waals surface area contributed by atoms with Gasteiger partial charge in [0.25, 0.3) is 5.69 Å². The Hall–Kier alpha value is -6.32. The first-order valence-electron chi connectivity index (χ1n) is 15.1. The van der Waals surface area contributed by atoms with Crippen LogP contribution in [0.5, 0.6) is 11.5 Å². The van der Waals surface area contributed by atoms with Gasteiger partial charge in [0, 0.05) is 61.7 Å². The SMILES string of the molecule is C=CC(=O)OCCCN(CCCOC(=O)C=C)c1cc(OCCOC(=O)C=C)c(/N=N/c2ccc([N+](=O)[O-])cc2)cc1OCCOC(=O)C=C. The Morgan fingerprint density at radius 3 is 1.58 bits per heavy atom. The number of nitro groups is 1. The van der Waals surface area contributed by atoms with Gasteiger partial charge in [-0.05, 0) is 25.0 Å². The molecule has 0 radical (unpaired) electrons. The first kappa shape index (κ1) is 39.9. The molecule has 16 nitrogen and oxygen atoms in total. The number of azo groups is 1. The van der Waals surface area contributed by atoms with Crippen LogP contribution in [0.15, 0.2) is 97.2 Å². The third kappa shape index (κ3) is 14.6. The number of nitro benzene ring substituents is 1. The summed E-state index contributed by atoms with van der Waals surface area (Å²) in [5, 5.41) is 19.5. The zero-order valence-electron chi connectivity index (χ0n) is 27.4. The number of non-ortho nitro benzene ring substituents is 1. The van der Waals surface area contributed by atoms with Gasteiger partial charge in [0.15, 0.2) is 0 Å². The minimum absolute atomic E-state index is 0.0695. The molecule has 0 fully saturated rings. The molecule has 0 heterocycles. The Labute approximate surface area is 288 Å². The number of carbonyl (C=O) groups is 4. The molecule has 0 unspecified atom stereocenters. The van der Waals surface area contributed by atoms with E-state index in [1.54, 1.807) is 6.07 Å². The molecule has 16 heteroatoms. The summed E-state index contributed by atoms with van der Waals surface area (Å²) in [7, 11) is 0. The Balaban J connectivity index is 2.55. The minimum atomic E-state index is -0.645. The molecule has 2 aromatic carbocycles. The van der Waals surface area contributed by atoms with Gasteiger partial charge in [0.2, 0.25) is 0 Å². The number of carbonyl (C=O) groups excluding carboxylic acids is 4. The van der Waals surface area contributed by atoms with Gasteiger partial charge in [-0.25, -0.2) is 19.2 Å². The van der Waals surface area contributed by atoms with Crippen LogP contribution in [-0.4, -0.2) is 81.5 Å². The van der Waals surface area contributed by atoms with Gasteiger partial charge in [-0.1, -0.05) is 26.3 Å². The lowest BCUT2D eigenvalue weighted by atomic mass is 10.2. The fourth-order valence-corrected chi connectivity index (χ4v) is 3.88. The van der Waals surface area contributed by atoms with E-state index in [1.165, 1.54) is 30.3 Å². The summed E-state index contributed by atoms with van der Waals surface area (Å²) in [4.78, 5) is 58.7. The molecule has 0 amide bonds. The van der Waals surface area contributed by atoms with E-state index >= 15 is 0 Å². The molecule has 2 rings (SSSR count). The smallest absolute Gasteiger partial charge is 0.330 e. The van der Waals surface area contributed by atoms with Gasteiger partial charge in [-0.2, -0.15) is 5.11 Å². The number of hydrogen-bond acceptors (Lipinski definition) is 15. The molecule has 0 saturated heterocycles. The molecule has 0 bridgehead atoms. The van der Waals surface area contributed by atoms with Gasteiger partial charge in [-0.15, -0.1) is 5.11 Å². The lowest BCUT2D eigenvalue weighted by Crippen LogP contribution is -2.28. The lowest BCUT2D eigenvalue weighted by Gasteiger charge is -2.28. The highest BCUT2D eigenvalue weighted by molar-refractivity contribution is 5.82. The van der Waals surface area contributed by atoms with Crippen molar-refractivity contribution >= 4 is 46.6 Å². The van der Waals surface area contributed by atoms with Gasteiger partial charge in [0.1, 0.15) is 43.6 Å². The maximum atomic E-state index is 11.6. The number of benzene rings is 2. The van der Waals surface area contributed by atoms with E-state index in [2.05, 4.69) is 36.5 Å². The largest absolute Gasteiger partial charge is 0.488 e. The van der Waals surface area contributed by atoms with Gasteiger partial charge in [-0.3, -0.25) is 10.1 Å². The average Bonchev–Trinajstić information content (AvgIpc) is 3.13. The number of esters is 4. The molecule has 0 N–H and O–H groups in total. The second-order valence-corrected chi connectivity index (χ2v) is 9.64. The van der Waals surface area contributed by atoms with Crippen molar-refractivity contribution in [2.24, 2.45) is 10.2 Å². The van der Waals surface area contributed by atoms with Crippen LogP contribution in [0.4, 0.5) is 22.7 Å². The Morgan fingerprint density at radius 2 is 1.12 bits per heavy atom. The zero-order chi connectivity index (χ0) is 36.7. The monoisotopic (exact) mass is 694 g/mol. The van der Waals surface area contributed by atoms with Crippen molar-refractivity contribution in [1.82, 2.24) is 0 Å². The molecular weight excluding hydrogens is 656 g/mol. The van der Waals surface area contributed by atoms with Crippen molar-refractivity contribution in [2.75, 3.05) is 57.6 Å². The van der Waals surface area contributed by atoms with E-state index in [9.17, 15) is 29.3 Å². The molecule has 2 aromatic rings. The van der Waals surface area contributed by atoms with Crippen LogP contribution in [0.25, 0.3) is 0 Å². The summed E-state index contributed by atoms with van der Waals surface area (Å²) in [5.74, 6) is -2.00. The van der Waals surface area contributed by atoms with Crippen molar-refractivity contribution < 1.29 is 52.5 Å². The summed E-state index contributed by atoms with van der Waals surface area (Å²) >= 11 is 0. The van der Waals surface area contributed by atoms with Gasteiger partial charge < -0.3 is 33.3 Å². The topological polar surface area (TPSA) is 195 Å². The molecule has 0 aliphatic heterocycles. The fourth-order valence-electron chi connectivity index (χ4n) is 3.88. The highest BCUT2D eigenvalue weighted by Crippen LogP contribution is 2.41. The molecule has 0 aliphatic rings. The summed E-state index contributed by atoms with van der Waals surface area (Å²) in [6, 6.07) is 8.51. The number of anilines is 1. The van der Waals surface area contributed by atoms with E-state index in [1.807, 2.05) is 4.90 Å². The average molecular weight is 695 g/mol. The first-order valence-corrected chi connectivity index (χ1v) is 15.1. The molecule has 0 aromatic heterocycles. The summed E-state index contributed by atoms with van der Waals surface area (Å²) in [5.41, 5.74) is 0.810.